The van der Waals surface area contributed by atoms with Gasteiger partial charge in [-0.3, -0.25) is 0 Å². The average Bonchev–Trinajstić information content (AvgIpc) is 3.19. The Kier molecular flexibility index (Phi) is 11.5. The van der Waals surface area contributed by atoms with Crippen molar-refractivity contribution in [2.45, 2.75) is 52.6 Å². The molecular formula is C21H33IN4O3. The Morgan fingerprint density at radius 2 is 1.79 bits per heavy atom. The molecule has 2 N–H and O–H groups in total. The molecule has 0 aliphatic heterocycles. The van der Waals surface area contributed by atoms with E-state index in [1.807, 2.05) is 31.2 Å². The molecule has 29 heavy (non-hydrogen) atoms. The molecule has 7 nitrogen and oxygen atoms in total. The van der Waals surface area contributed by atoms with Gasteiger partial charge in [0.05, 0.1) is 33.0 Å². The SMILES string of the molecule is CCNC(=NCc1ccc(OC)c(OC)c1)NCc1cc(C(CC)CC)no1.I. The highest BCUT2D eigenvalue weighted by Gasteiger charge is 2.13. The van der Waals surface area contributed by atoms with E-state index in [-0.39, 0.29) is 24.0 Å². The van der Waals surface area contributed by atoms with Gasteiger partial charge in [0.25, 0.3) is 0 Å². The molecule has 8 heteroatoms. The van der Waals surface area contributed by atoms with Gasteiger partial charge < -0.3 is 24.6 Å². The van der Waals surface area contributed by atoms with Crippen molar-refractivity contribution in [3.63, 3.8) is 0 Å². The summed E-state index contributed by atoms with van der Waals surface area (Å²) >= 11 is 0. The van der Waals surface area contributed by atoms with Crippen LogP contribution in [0.5, 0.6) is 11.5 Å². The van der Waals surface area contributed by atoms with Crippen LogP contribution in [-0.4, -0.2) is 31.9 Å². The fraction of sp³-hybridized carbons (Fsp3) is 0.524. The number of hydrogen-bond acceptors (Lipinski definition) is 5. The molecule has 1 aromatic heterocycles. The van der Waals surface area contributed by atoms with Gasteiger partial charge in [0.15, 0.2) is 23.2 Å². The molecule has 1 heterocycles. The van der Waals surface area contributed by atoms with E-state index in [0.29, 0.717) is 30.5 Å². The second kappa shape index (κ2) is 13.3. The predicted molar refractivity (Wildman–Crippen MR) is 126 cm³/mol. The normalized spacial score (nSPS) is 11.2. The van der Waals surface area contributed by atoms with Crippen LogP contribution in [0.2, 0.25) is 0 Å². The van der Waals surface area contributed by atoms with Crippen LogP contribution in [-0.2, 0) is 13.1 Å². The molecule has 0 spiro atoms. The summed E-state index contributed by atoms with van der Waals surface area (Å²) in [6.07, 6.45) is 2.12. The van der Waals surface area contributed by atoms with Crippen molar-refractivity contribution >= 4 is 29.9 Å². The molecule has 2 aromatic rings. The standard InChI is InChI=1S/C21H32N4O3.HI/c1-6-16(7-2)18-12-17(28-25-18)14-24-21(22-8-3)23-13-15-9-10-19(26-4)20(11-15)27-5;/h9-12,16H,6-8,13-14H2,1-5H3,(H2,22,23,24);1H. The number of halogens is 1. The zero-order valence-corrected chi connectivity index (χ0v) is 20.3. The molecule has 0 bridgehead atoms. The van der Waals surface area contributed by atoms with E-state index in [1.54, 1.807) is 14.2 Å². The Hall–Kier alpha value is -1.97. The molecule has 0 fully saturated rings. The molecule has 0 saturated carbocycles. The number of benzene rings is 1. The lowest BCUT2D eigenvalue weighted by Crippen LogP contribution is -2.36. The molecule has 0 unspecified atom stereocenters. The number of methoxy groups -OCH3 is 2. The monoisotopic (exact) mass is 516 g/mol. The number of rotatable bonds is 10. The van der Waals surface area contributed by atoms with Crippen molar-refractivity contribution < 1.29 is 14.0 Å². The maximum Gasteiger partial charge on any atom is 0.191 e. The highest BCUT2D eigenvalue weighted by atomic mass is 127. The minimum atomic E-state index is 0. The van der Waals surface area contributed by atoms with E-state index >= 15 is 0 Å². The summed E-state index contributed by atoms with van der Waals surface area (Å²) in [6, 6.07) is 7.83. The van der Waals surface area contributed by atoms with Gasteiger partial charge in [-0.15, -0.1) is 24.0 Å². The van der Waals surface area contributed by atoms with E-state index in [4.69, 9.17) is 14.0 Å². The third-order valence-corrected chi connectivity index (χ3v) is 4.62. The highest BCUT2D eigenvalue weighted by Crippen LogP contribution is 2.27. The minimum absolute atomic E-state index is 0. The molecule has 0 aliphatic carbocycles. The van der Waals surface area contributed by atoms with Crippen LogP contribution in [0.4, 0.5) is 0 Å². The number of nitrogens with one attached hydrogen (secondary N) is 2. The summed E-state index contributed by atoms with van der Waals surface area (Å²) in [5, 5.41) is 10.8. The van der Waals surface area contributed by atoms with Gasteiger partial charge in [-0.2, -0.15) is 0 Å². The van der Waals surface area contributed by atoms with E-state index in [0.717, 1.165) is 42.4 Å². The average molecular weight is 516 g/mol. The van der Waals surface area contributed by atoms with Crippen LogP contribution in [0.1, 0.15) is 56.5 Å². The molecule has 162 valence electrons. The van der Waals surface area contributed by atoms with E-state index < -0.39 is 0 Å². The maximum absolute atomic E-state index is 5.47. The topological polar surface area (TPSA) is 80.9 Å². The van der Waals surface area contributed by atoms with E-state index in [1.165, 1.54) is 0 Å². The molecule has 2 rings (SSSR count). The Morgan fingerprint density at radius 3 is 2.41 bits per heavy atom. The van der Waals surface area contributed by atoms with Crippen molar-refractivity contribution in [3.8, 4) is 11.5 Å². The first-order valence-electron chi connectivity index (χ1n) is 9.83. The molecule has 0 amide bonds. The maximum atomic E-state index is 5.47. The highest BCUT2D eigenvalue weighted by molar-refractivity contribution is 14.0. The van der Waals surface area contributed by atoms with Gasteiger partial charge in [0, 0.05) is 18.5 Å². The molecule has 0 atom stereocenters. The fourth-order valence-corrected chi connectivity index (χ4v) is 2.97. The Morgan fingerprint density at radius 1 is 1.07 bits per heavy atom. The van der Waals surface area contributed by atoms with E-state index in [9.17, 15) is 0 Å². The summed E-state index contributed by atoms with van der Waals surface area (Å²) < 4.78 is 16.1. The van der Waals surface area contributed by atoms with Crippen molar-refractivity contribution in [3.05, 3.63) is 41.3 Å². The van der Waals surface area contributed by atoms with Gasteiger partial charge in [-0.05, 0) is 37.5 Å². The Balaban J connectivity index is 0.00000420. The van der Waals surface area contributed by atoms with Crippen LogP contribution in [0, 0.1) is 0 Å². The van der Waals surface area contributed by atoms with Crippen molar-refractivity contribution in [2.24, 2.45) is 4.99 Å². The van der Waals surface area contributed by atoms with Crippen LogP contribution >= 0.6 is 24.0 Å². The van der Waals surface area contributed by atoms with Gasteiger partial charge in [-0.1, -0.05) is 25.1 Å². The van der Waals surface area contributed by atoms with Gasteiger partial charge in [0.1, 0.15) is 0 Å². The number of aliphatic imine (C=N–C) groups is 1. The largest absolute Gasteiger partial charge is 0.493 e. The second-order valence-corrected chi connectivity index (χ2v) is 6.47. The Labute approximate surface area is 190 Å². The number of nitrogens with zero attached hydrogens (tertiary/aromatic N) is 2. The fourth-order valence-electron chi connectivity index (χ4n) is 2.97. The second-order valence-electron chi connectivity index (χ2n) is 6.47. The van der Waals surface area contributed by atoms with E-state index in [2.05, 4.69) is 34.6 Å². The van der Waals surface area contributed by atoms with Gasteiger partial charge in [-0.25, -0.2) is 4.99 Å². The number of guanidine groups is 1. The number of aromatic nitrogens is 1. The number of ether oxygens (including phenoxy) is 2. The quantitative estimate of drug-likeness (QED) is 0.276. The van der Waals surface area contributed by atoms with Crippen molar-refractivity contribution in [1.29, 1.82) is 0 Å². The third kappa shape index (κ3) is 7.41. The molecular weight excluding hydrogens is 483 g/mol. The lowest BCUT2D eigenvalue weighted by atomic mass is 9.99. The lowest BCUT2D eigenvalue weighted by Gasteiger charge is -2.11. The number of hydrogen-bond donors (Lipinski definition) is 2. The van der Waals surface area contributed by atoms with Crippen LogP contribution in [0.15, 0.2) is 33.8 Å². The zero-order valence-electron chi connectivity index (χ0n) is 17.9. The smallest absolute Gasteiger partial charge is 0.191 e. The molecule has 0 radical (unpaired) electrons. The van der Waals surface area contributed by atoms with Crippen LogP contribution in [0.3, 0.4) is 0 Å². The first kappa shape index (κ1) is 25.1. The summed E-state index contributed by atoms with van der Waals surface area (Å²) in [4.78, 5) is 4.64. The Bertz CT molecular complexity index is 760. The minimum Gasteiger partial charge on any atom is -0.493 e. The first-order valence-corrected chi connectivity index (χ1v) is 9.83. The summed E-state index contributed by atoms with van der Waals surface area (Å²) in [5.74, 6) is 3.38. The van der Waals surface area contributed by atoms with Crippen molar-refractivity contribution in [2.75, 3.05) is 20.8 Å². The molecule has 0 saturated heterocycles. The third-order valence-electron chi connectivity index (χ3n) is 4.62. The molecule has 1 aromatic carbocycles. The predicted octanol–water partition coefficient (Wildman–Crippen LogP) is 4.47. The van der Waals surface area contributed by atoms with Crippen LogP contribution < -0.4 is 20.1 Å². The van der Waals surface area contributed by atoms with Gasteiger partial charge >= 0.3 is 0 Å². The van der Waals surface area contributed by atoms with Crippen LogP contribution in [0.25, 0.3) is 0 Å². The lowest BCUT2D eigenvalue weighted by molar-refractivity contribution is 0.354. The van der Waals surface area contributed by atoms with Crippen molar-refractivity contribution in [1.82, 2.24) is 15.8 Å². The summed E-state index contributed by atoms with van der Waals surface area (Å²) in [7, 11) is 3.25. The van der Waals surface area contributed by atoms with Gasteiger partial charge in [0.2, 0.25) is 0 Å². The summed E-state index contributed by atoms with van der Waals surface area (Å²) in [5.41, 5.74) is 2.06. The molecule has 0 aliphatic rings. The first-order chi connectivity index (χ1) is 13.6. The summed E-state index contributed by atoms with van der Waals surface area (Å²) in [6.45, 7) is 8.20. The zero-order chi connectivity index (χ0) is 20.4.